The van der Waals surface area contributed by atoms with Crippen molar-refractivity contribution in [2.45, 2.75) is 32.6 Å². The van der Waals surface area contributed by atoms with Gasteiger partial charge in [0.1, 0.15) is 22.3 Å². The predicted molar refractivity (Wildman–Crippen MR) is 110 cm³/mol. The van der Waals surface area contributed by atoms with Crippen LogP contribution < -0.4 is 5.32 Å². The molecule has 5 rings (SSSR count). The molecule has 0 amide bonds. The van der Waals surface area contributed by atoms with Crippen molar-refractivity contribution in [3.05, 3.63) is 59.5 Å². The molecular formula is C21H19N5S. The molecule has 0 saturated heterocycles. The number of fused-ring (bicyclic) bond motifs is 2. The molecule has 0 radical (unpaired) electrons. The second-order valence-corrected chi connectivity index (χ2v) is 7.89. The zero-order valence-electron chi connectivity index (χ0n) is 15.1. The van der Waals surface area contributed by atoms with Crippen molar-refractivity contribution in [3.8, 4) is 10.7 Å². The van der Waals surface area contributed by atoms with E-state index in [1.807, 2.05) is 24.4 Å². The van der Waals surface area contributed by atoms with Crippen LogP contribution in [0, 0.1) is 6.92 Å². The molecule has 5 nitrogen and oxygen atoms in total. The van der Waals surface area contributed by atoms with Crippen LogP contribution in [0.15, 0.2) is 42.7 Å². The fraction of sp³-hybridized carbons (Fsp3) is 0.238. The maximum absolute atomic E-state index is 4.77. The van der Waals surface area contributed by atoms with E-state index in [-0.39, 0.29) is 0 Å². The van der Waals surface area contributed by atoms with Crippen LogP contribution in [0.3, 0.4) is 0 Å². The standard InChI is InChI=1S/C21H19N5S/c1-13-5-4-10-22-20(13)21-25-16-11-19(23-12-17(16)27-21)26-18-9-8-14-6-2-3-7-15(14)24-18/h4-5,8-12H,2-3,6-7H2,1H3,(H,23,24,26). The number of hydrogen-bond donors (Lipinski definition) is 1. The van der Waals surface area contributed by atoms with Crippen LogP contribution in [0.1, 0.15) is 29.7 Å². The minimum Gasteiger partial charge on any atom is -0.325 e. The van der Waals surface area contributed by atoms with Gasteiger partial charge in [-0.05, 0) is 55.9 Å². The number of rotatable bonds is 3. The SMILES string of the molecule is Cc1cccnc1-c1nc2cc(Nc3ccc4c(n3)CCCC4)ncc2s1. The molecule has 134 valence electrons. The molecule has 0 unspecified atom stereocenters. The summed E-state index contributed by atoms with van der Waals surface area (Å²) < 4.78 is 1.05. The molecule has 0 fully saturated rings. The summed E-state index contributed by atoms with van der Waals surface area (Å²) in [7, 11) is 0. The van der Waals surface area contributed by atoms with E-state index in [4.69, 9.17) is 9.97 Å². The quantitative estimate of drug-likeness (QED) is 0.542. The van der Waals surface area contributed by atoms with Crippen LogP contribution in [0.4, 0.5) is 11.6 Å². The Kier molecular flexibility index (Phi) is 4.05. The summed E-state index contributed by atoms with van der Waals surface area (Å²) in [6.07, 6.45) is 8.37. The van der Waals surface area contributed by atoms with Gasteiger partial charge >= 0.3 is 0 Å². The highest BCUT2D eigenvalue weighted by molar-refractivity contribution is 7.21. The number of aryl methyl sites for hydroxylation is 3. The summed E-state index contributed by atoms with van der Waals surface area (Å²) in [4.78, 5) is 18.6. The van der Waals surface area contributed by atoms with Gasteiger partial charge in [0.25, 0.3) is 0 Å². The van der Waals surface area contributed by atoms with Gasteiger partial charge < -0.3 is 5.32 Å². The summed E-state index contributed by atoms with van der Waals surface area (Å²) in [5, 5.41) is 4.26. The highest BCUT2D eigenvalue weighted by atomic mass is 32.1. The number of nitrogens with zero attached hydrogens (tertiary/aromatic N) is 4. The van der Waals surface area contributed by atoms with Crippen LogP contribution in [0.2, 0.25) is 0 Å². The number of hydrogen-bond acceptors (Lipinski definition) is 6. The number of anilines is 2. The van der Waals surface area contributed by atoms with E-state index in [1.54, 1.807) is 17.5 Å². The van der Waals surface area contributed by atoms with Crippen molar-refractivity contribution in [2.75, 3.05) is 5.32 Å². The third-order valence-corrected chi connectivity index (χ3v) is 5.93. The summed E-state index contributed by atoms with van der Waals surface area (Å²) in [5.41, 5.74) is 5.58. The van der Waals surface area contributed by atoms with Crippen molar-refractivity contribution in [1.29, 1.82) is 0 Å². The lowest BCUT2D eigenvalue weighted by Gasteiger charge is -2.15. The van der Waals surface area contributed by atoms with Crippen LogP contribution >= 0.6 is 11.3 Å². The number of nitrogens with one attached hydrogen (secondary N) is 1. The van der Waals surface area contributed by atoms with Crippen LogP contribution in [-0.4, -0.2) is 19.9 Å². The molecule has 0 bridgehead atoms. The maximum Gasteiger partial charge on any atom is 0.143 e. The predicted octanol–water partition coefficient (Wildman–Crippen LogP) is 5.08. The first-order valence-corrected chi connectivity index (χ1v) is 10.0. The lowest BCUT2D eigenvalue weighted by atomic mass is 9.96. The van der Waals surface area contributed by atoms with Crippen molar-refractivity contribution < 1.29 is 0 Å². The van der Waals surface area contributed by atoms with Crippen LogP contribution in [0.25, 0.3) is 20.9 Å². The first-order chi connectivity index (χ1) is 13.3. The summed E-state index contributed by atoms with van der Waals surface area (Å²) in [6.45, 7) is 2.06. The number of aromatic nitrogens is 4. The second kappa shape index (κ2) is 6.70. The average Bonchev–Trinajstić information content (AvgIpc) is 3.11. The molecule has 1 aliphatic rings. The molecule has 0 aromatic carbocycles. The van der Waals surface area contributed by atoms with Gasteiger partial charge in [-0.25, -0.2) is 15.0 Å². The molecule has 4 aromatic heterocycles. The van der Waals surface area contributed by atoms with Crippen LogP contribution in [-0.2, 0) is 12.8 Å². The van der Waals surface area contributed by atoms with Gasteiger partial charge in [-0.15, -0.1) is 11.3 Å². The van der Waals surface area contributed by atoms with Gasteiger partial charge in [-0.3, -0.25) is 4.98 Å². The zero-order chi connectivity index (χ0) is 18.2. The van der Waals surface area contributed by atoms with E-state index in [0.29, 0.717) is 0 Å². The summed E-state index contributed by atoms with van der Waals surface area (Å²) >= 11 is 1.62. The van der Waals surface area contributed by atoms with Crippen molar-refractivity contribution in [3.63, 3.8) is 0 Å². The fourth-order valence-corrected chi connectivity index (χ4v) is 4.47. The molecule has 1 N–H and O–H groups in total. The smallest absolute Gasteiger partial charge is 0.143 e. The zero-order valence-corrected chi connectivity index (χ0v) is 15.9. The molecule has 27 heavy (non-hydrogen) atoms. The average molecular weight is 373 g/mol. The molecule has 4 heterocycles. The Bertz CT molecular complexity index is 1130. The van der Waals surface area contributed by atoms with Crippen molar-refractivity contribution in [1.82, 2.24) is 19.9 Å². The fourth-order valence-electron chi connectivity index (χ4n) is 3.50. The largest absolute Gasteiger partial charge is 0.325 e. The van der Waals surface area contributed by atoms with E-state index < -0.39 is 0 Å². The van der Waals surface area contributed by atoms with Gasteiger partial charge in [-0.2, -0.15) is 0 Å². The van der Waals surface area contributed by atoms with Crippen LogP contribution in [0.5, 0.6) is 0 Å². The third kappa shape index (κ3) is 3.17. The summed E-state index contributed by atoms with van der Waals surface area (Å²) in [5.74, 6) is 1.61. The van der Waals surface area contributed by atoms with E-state index >= 15 is 0 Å². The highest BCUT2D eigenvalue weighted by Gasteiger charge is 2.13. The molecule has 4 aromatic rings. The molecule has 1 aliphatic carbocycles. The van der Waals surface area contributed by atoms with Gasteiger partial charge in [0.15, 0.2) is 0 Å². The Labute approximate surface area is 161 Å². The molecule has 0 spiro atoms. The number of thiazole rings is 1. The minimum absolute atomic E-state index is 0.764. The van der Waals surface area contributed by atoms with Gasteiger partial charge in [0, 0.05) is 24.2 Å². The van der Waals surface area contributed by atoms with E-state index in [0.717, 1.165) is 51.0 Å². The Morgan fingerprint density at radius 1 is 1.00 bits per heavy atom. The molecule has 0 aliphatic heterocycles. The maximum atomic E-state index is 4.77. The monoisotopic (exact) mass is 373 g/mol. The van der Waals surface area contributed by atoms with Gasteiger partial charge in [0.2, 0.25) is 0 Å². The first-order valence-electron chi connectivity index (χ1n) is 9.21. The molecule has 6 heteroatoms. The minimum atomic E-state index is 0.764. The van der Waals surface area contributed by atoms with Crippen molar-refractivity contribution >= 4 is 33.2 Å². The lowest BCUT2D eigenvalue weighted by molar-refractivity contribution is 0.669. The van der Waals surface area contributed by atoms with Gasteiger partial charge in [0.05, 0.1) is 10.2 Å². The number of pyridine rings is 3. The first kappa shape index (κ1) is 16.3. The van der Waals surface area contributed by atoms with E-state index in [2.05, 4.69) is 34.3 Å². The third-order valence-electron chi connectivity index (χ3n) is 4.92. The highest BCUT2D eigenvalue weighted by Crippen LogP contribution is 2.31. The molecule has 0 atom stereocenters. The Morgan fingerprint density at radius 3 is 2.85 bits per heavy atom. The Balaban J connectivity index is 1.45. The Morgan fingerprint density at radius 2 is 1.93 bits per heavy atom. The Hall–Kier alpha value is -2.86. The van der Waals surface area contributed by atoms with Gasteiger partial charge in [-0.1, -0.05) is 12.1 Å². The summed E-state index contributed by atoms with van der Waals surface area (Å²) in [6, 6.07) is 10.2. The molecular weight excluding hydrogens is 354 g/mol. The lowest BCUT2D eigenvalue weighted by Crippen LogP contribution is -2.07. The van der Waals surface area contributed by atoms with E-state index in [9.17, 15) is 0 Å². The second-order valence-electron chi connectivity index (χ2n) is 6.86. The molecule has 0 saturated carbocycles. The normalized spacial score (nSPS) is 13.5. The van der Waals surface area contributed by atoms with E-state index in [1.165, 1.54) is 24.1 Å². The topological polar surface area (TPSA) is 63.6 Å². The van der Waals surface area contributed by atoms with Crippen molar-refractivity contribution in [2.24, 2.45) is 0 Å².